The van der Waals surface area contributed by atoms with Gasteiger partial charge in [0.05, 0.1) is 24.0 Å². The second-order valence-corrected chi connectivity index (χ2v) is 8.86. The van der Waals surface area contributed by atoms with Gasteiger partial charge in [-0.25, -0.2) is 0 Å². The lowest BCUT2D eigenvalue weighted by Gasteiger charge is -2.29. The van der Waals surface area contributed by atoms with Crippen LogP contribution >= 0.6 is 0 Å². The highest BCUT2D eigenvalue weighted by Crippen LogP contribution is 2.19. The number of carbonyl (C=O) groups is 3. The van der Waals surface area contributed by atoms with Crippen molar-refractivity contribution in [3.05, 3.63) is 48.0 Å². The average Bonchev–Trinajstić information content (AvgIpc) is 2.72. The summed E-state index contributed by atoms with van der Waals surface area (Å²) in [6.07, 6.45) is 5.21. The number of hydrogen-bond acceptors (Lipinski definition) is 5. The summed E-state index contributed by atoms with van der Waals surface area (Å²) in [7, 11) is 0. The van der Waals surface area contributed by atoms with Gasteiger partial charge in [-0.1, -0.05) is 42.5 Å². The van der Waals surface area contributed by atoms with E-state index in [1.807, 2.05) is 42.5 Å². The molecule has 0 bridgehead atoms. The van der Waals surface area contributed by atoms with Crippen LogP contribution in [0.4, 0.5) is 0 Å². The molecule has 7 heteroatoms. The minimum atomic E-state index is -0.764. The molecule has 7 nitrogen and oxygen atoms in total. The molecule has 1 aromatic carbocycles. The Morgan fingerprint density at radius 3 is 2.48 bits per heavy atom. The molecule has 1 heterocycles. The van der Waals surface area contributed by atoms with Crippen LogP contribution in [-0.2, 0) is 25.5 Å². The summed E-state index contributed by atoms with van der Waals surface area (Å²) in [6, 6.07) is 9.42. The first kappa shape index (κ1) is 24.6. The quantitative estimate of drug-likeness (QED) is 0.474. The van der Waals surface area contributed by atoms with Gasteiger partial charge in [0.2, 0.25) is 11.8 Å². The van der Waals surface area contributed by atoms with Crippen molar-refractivity contribution in [1.29, 1.82) is 0 Å². The van der Waals surface area contributed by atoms with Crippen molar-refractivity contribution in [2.24, 2.45) is 11.8 Å². The number of aliphatic hydroxyl groups is 1. The third kappa shape index (κ3) is 8.53. The summed E-state index contributed by atoms with van der Waals surface area (Å²) in [4.78, 5) is 37.8. The molecule has 0 saturated heterocycles. The first-order valence-electron chi connectivity index (χ1n) is 10.8. The maximum atomic E-state index is 12.8. The Kier molecular flexibility index (Phi) is 9.24. The zero-order valence-electron chi connectivity index (χ0n) is 18.6. The van der Waals surface area contributed by atoms with Crippen LogP contribution in [0.25, 0.3) is 0 Å². The maximum Gasteiger partial charge on any atom is 0.309 e. The lowest BCUT2D eigenvalue weighted by atomic mass is 9.93. The number of aliphatic hydroxyl groups excluding tert-OH is 1. The van der Waals surface area contributed by atoms with Crippen LogP contribution in [-0.4, -0.2) is 47.7 Å². The summed E-state index contributed by atoms with van der Waals surface area (Å²) in [5, 5.41) is 14.7. The van der Waals surface area contributed by atoms with Gasteiger partial charge in [0.25, 0.3) is 0 Å². The van der Waals surface area contributed by atoms with Gasteiger partial charge in [0.1, 0.15) is 6.61 Å². The molecule has 0 aliphatic carbocycles. The Balaban J connectivity index is 2.14. The molecule has 1 aromatic rings. The summed E-state index contributed by atoms with van der Waals surface area (Å²) < 4.78 is 5.55. The Bertz CT molecular complexity index is 775. The minimum Gasteiger partial charge on any atom is -0.463 e. The molecule has 2 rings (SSSR count). The van der Waals surface area contributed by atoms with E-state index in [-0.39, 0.29) is 49.4 Å². The molecule has 0 fully saturated rings. The summed E-state index contributed by atoms with van der Waals surface area (Å²) in [5.41, 5.74) is 0.296. The van der Waals surface area contributed by atoms with Crippen LogP contribution in [0.5, 0.6) is 0 Å². The van der Waals surface area contributed by atoms with E-state index in [1.54, 1.807) is 20.8 Å². The Hall–Kier alpha value is -2.67. The predicted molar refractivity (Wildman–Crippen MR) is 118 cm³/mol. The highest BCUT2D eigenvalue weighted by Gasteiger charge is 2.30. The van der Waals surface area contributed by atoms with E-state index in [2.05, 4.69) is 10.6 Å². The molecule has 2 amide bonds. The fraction of sp³-hybridized carbons (Fsp3) is 0.542. The van der Waals surface area contributed by atoms with Gasteiger partial charge in [0.15, 0.2) is 0 Å². The number of cyclic esters (lactones) is 1. The maximum absolute atomic E-state index is 12.8. The molecule has 0 aromatic heterocycles. The highest BCUT2D eigenvalue weighted by molar-refractivity contribution is 5.86. The highest BCUT2D eigenvalue weighted by atomic mass is 16.5. The standard InChI is InChI=1S/C24H34N2O5/c1-17(15-27)25-21(28)14-19-11-7-8-12-20(13-18-9-5-4-6-10-18)23(30)31-16-24(2,3)26-22(19)29/h4-10,17,19-20,27H,11-16H2,1-3H3,(H,25,28)(H,26,29)/t17-,19-,20-/m1/s1. The molecule has 0 saturated carbocycles. The smallest absolute Gasteiger partial charge is 0.309 e. The van der Waals surface area contributed by atoms with Crippen LogP contribution in [0.3, 0.4) is 0 Å². The largest absolute Gasteiger partial charge is 0.463 e. The topological polar surface area (TPSA) is 105 Å². The van der Waals surface area contributed by atoms with Crippen molar-refractivity contribution in [3.63, 3.8) is 0 Å². The van der Waals surface area contributed by atoms with Gasteiger partial charge in [-0.05, 0) is 45.6 Å². The second-order valence-electron chi connectivity index (χ2n) is 8.86. The zero-order chi connectivity index (χ0) is 22.9. The number of nitrogens with one attached hydrogen (secondary N) is 2. The van der Waals surface area contributed by atoms with Crippen molar-refractivity contribution >= 4 is 17.8 Å². The number of amides is 2. The van der Waals surface area contributed by atoms with Gasteiger partial charge in [0, 0.05) is 12.5 Å². The summed E-state index contributed by atoms with van der Waals surface area (Å²) in [5.74, 6) is -1.71. The second kappa shape index (κ2) is 11.6. The van der Waals surface area contributed by atoms with Gasteiger partial charge >= 0.3 is 5.97 Å². The summed E-state index contributed by atoms with van der Waals surface area (Å²) in [6.45, 7) is 5.16. The lowest BCUT2D eigenvalue weighted by molar-refractivity contribution is -0.151. The van der Waals surface area contributed by atoms with E-state index < -0.39 is 11.5 Å². The van der Waals surface area contributed by atoms with Crippen molar-refractivity contribution in [2.75, 3.05) is 13.2 Å². The van der Waals surface area contributed by atoms with E-state index in [0.717, 1.165) is 5.56 Å². The van der Waals surface area contributed by atoms with E-state index in [9.17, 15) is 14.4 Å². The molecule has 3 N–H and O–H groups in total. The van der Waals surface area contributed by atoms with Crippen LogP contribution in [0.1, 0.15) is 45.6 Å². The van der Waals surface area contributed by atoms with Crippen molar-refractivity contribution in [1.82, 2.24) is 10.6 Å². The Morgan fingerprint density at radius 2 is 1.84 bits per heavy atom. The van der Waals surface area contributed by atoms with Crippen molar-refractivity contribution < 1.29 is 24.2 Å². The third-order valence-electron chi connectivity index (χ3n) is 5.19. The minimum absolute atomic E-state index is 0.0177. The number of carbonyl (C=O) groups excluding carboxylic acids is 3. The molecule has 1 aliphatic rings. The summed E-state index contributed by atoms with van der Waals surface area (Å²) >= 11 is 0. The number of hydrogen-bond donors (Lipinski definition) is 3. The van der Waals surface area contributed by atoms with Crippen molar-refractivity contribution in [3.8, 4) is 0 Å². The zero-order valence-corrected chi connectivity index (χ0v) is 18.6. The molecule has 0 spiro atoms. The van der Waals surface area contributed by atoms with E-state index in [1.165, 1.54) is 0 Å². The first-order valence-corrected chi connectivity index (χ1v) is 10.8. The molecule has 3 atom stereocenters. The van der Waals surface area contributed by atoms with Crippen LogP contribution in [0.15, 0.2) is 42.5 Å². The first-order chi connectivity index (χ1) is 14.7. The van der Waals surface area contributed by atoms with Gasteiger partial charge < -0.3 is 20.5 Å². The van der Waals surface area contributed by atoms with E-state index in [4.69, 9.17) is 9.84 Å². The van der Waals surface area contributed by atoms with Gasteiger partial charge in [-0.2, -0.15) is 0 Å². The van der Waals surface area contributed by atoms with Gasteiger partial charge in [-0.15, -0.1) is 0 Å². The van der Waals surface area contributed by atoms with E-state index >= 15 is 0 Å². The monoisotopic (exact) mass is 430 g/mol. The molecular formula is C24H34N2O5. The molecule has 170 valence electrons. The average molecular weight is 431 g/mol. The Labute approximate surface area is 184 Å². The molecular weight excluding hydrogens is 396 g/mol. The molecule has 0 unspecified atom stereocenters. The van der Waals surface area contributed by atoms with E-state index in [0.29, 0.717) is 19.3 Å². The van der Waals surface area contributed by atoms with Crippen LogP contribution in [0, 0.1) is 11.8 Å². The molecule has 0 radical (unpaired) electrons. The number of ether oxygens (including phenoxy) is 1. The van der Waals surface area contributed by atoms with Gasteiger partial charge in [-0.3, -0.25) is 14.4 Å². The third-order valence-corrected chi connectivity index (χ3v) is 5.19. The van der Waals surface area contributed by atoms with Crippen LogP contribution in [0.2, 0.25) is 0 Å². The number of allylic oxidation sites excluding steroid dienone is 2. The Morgan fingerprint density at radius 1 is 1.19 bits per heavy atom. The predicted octanol–water partition coefficient (Wildman–Crippen LogP) is 2.14. The molecule has 31 heavy (non-hydrogen) atoms. The number of rotatable bonds is 6. The molecule has 1 aliphatic heterocycles. The lowest BCUT2D eigenvalue weighted by Crippen LogP contribution is -2.50. The normalized spacial score (nSPS) is 23.0. The van der Waals surface area contributed by atoms with Crippen molar-refractivity contribution in [2.45, 2.75) is 58.0 Å². The van der Waals surface area contributed by atoms with Crippen LogP contribution < -0.4 is 10.6 Å². The number of benzene rings is 1. The number of esters is 1. The fourth-order valence-corrected chi connectivity index (χ4v) is 3.41. The fourth-order valence-electron chi connectivity index (χ4n) is 3.41. The SMILES string of the molecule is C[C@H](CO)NC(=O)C[C@H]1CC=CC[C@H](Cc2ccccc2)C(=O)OCC(C)(C)NC1=O.